The number of nitro groups is 1. The number of anilines is 1. The number of nitro benzene ring substituents is 1. The summed E-state index contributed by atoms with van der Waals surface area (Å²) >= 11 is 1.21. The average Bonchev–Trinajstić information content (AvgIpc) is 3.44. The molecule has 13 heteroatoms. The second kappa shape index (κ2) is 14.6. The van der Waals surface area contributed by atoms with Crippen molar-refractivity contribution in [3.8, 4) is 22.6 Å². The van der Waals surface area contributed by atoms with E-state index in [0.717, 1.165) is 22.3 Å². The van der Waals surface area contributed by atoms with Crippen LogP contribution in [-0.2, 0) is 26.0 Å². The standard InChI is InChI=1S/C37H28N4O7S2/c1-24-2-20-33(21-3-24)50(46,47)40-35(42)23-26-6-12-29(13-7-26)38-37-39-36(43)34(49-37)22-25-4-8-27(9-5-25)28-10-16-31(17-11-28)48-32-18-14-30(15-19-32)41(44)45/h2-22H,23H2,1H3,(H,40,42)(H,38,39,43). The summed E-state index contributed by atoms with van der Waals surface area (Å²) in [5.74, 6) is 0.0661. The Hall–Kier alpha value is -6.05. The van der Waals surface area contributed by atoms with E-state index in [2.05, 4.69) is 15.0 Å². The van der Waals surface area contributed by atoms with Gasteiger partial charge in [0.15, 0.2) is 5.17 Å². The third-order valence-corrected chi connectivity index (χ3v) is 9.74. The van der Waals surface area contributed by atoms with Gasteiger partial charge in [-0.05, 0) is 95.5 Å². The number of nitrogens with zero attached hydrogens (tertiary/aromatic N) is 2. The molecule has 0 fully saturated rings. The highest BCUT2D eigenvalue weighted by atomic mass is 32.2. The van der Waals surface area contributed by atoms with Gasteiger partial charge in [-0.25, -0.2) is 13.1 Å². The number of sulfonamides is 1. The lowest BCUT2D eigenvalue weighted by atomic mass is 10.0. The minimum Gasteiger partial charge on any atom is -0.457 e. The number of aliphatic imine (C=N–C) groups is 1. The lowest BCUT2D eigenvalue weighted by Crippen LogP contribution is -2.31. The Kier molecular flexibility index (Phi) is 9.88. The molecule has 0 aromatic heterocycles. The Morgan fingerprint density at radius 1 is 0.840 bits per heavy atom. The topological polar surface area (TPSA) is 157 Å². The first kappa shape index (κ1) is 33.8. The molecule has 5 aromatic rings. The monoisotopic (exact) mass is 704 g/mol. The van der Waals surface area contributed by atoms with E-state index in [1.54, 1.807) is 54.6 Å². The Balaban J connectivity index is 1.01. The zero-order valence-electron chi connectivity index (χ0n) is 26.4. The minimum absolute atomic E-state index is 0.00632. The van der Waals surface area contributed by atoms with Crippen LogP contribution in [0.5, 0.6) is 11.5 Å². The van der Waals surface area contributed by atoms with Gasteiger partial charge < -0.3 is 10.1 Å². The van der Waals surface area contributed by atoms with E-state index in [9.17, 15) is 28.1 Å². The molecule has 2 amide bonds. The van der Waals surface area contributed by atoms with Gasteiger partial charge in [-0.3, -0.25) is 19.7 Å². The molecule has 1 heterocycles. The van der Waals surface area contributed by atoms with Crippen LogP contribution < -0.4 is 14.8 Å². The largest absolute Gasteiger partial charge is 0.457 e. The number of carbonyl (C=O) groups excluding carboxylic acids is 2. The highest BCUT2D eigenvalue weighted by molar-refractivity contribution is 8.18. The molecule has 2 N–H and O–H groups in total. The predicted octanol–water partition coefficient (Wildman–Crippen LogP) is 7.49. The van der Waals surface area contributed by atoms with Crippen LogP contribution in [0.2, 0.25) is 0 Å². The highest BCUT2D eigenvalue weighted by Crippen LogP contribution is 2.31. The van der Waals surface area contributed by atoms with E-state index in [1.165, 1.54) is 36.0 Å². The summed E-state index contributed by atoms with van der Waals surface area (Å²) in [6.07, 6.45) is 1.64. The number of benzene rings is 5. The summed E-state index contributed by atoms with van der Waals surface area (Å²) < 4.78 is 32.9. The number of non-ortho nitro benzene ring substituents is 1. The quantitative estimate of drug-likeness (QED) is 0.0854. The number of amides is 2. The number of aryl methyl sites for hydroxylation is 1. The fourth-order valence-electron chi connectivity index (χ4n) is 4.85. The predicted molar refractivity (Wildman–Crippen MR) is 193 cm³/mol. The summed E-state index contributed by atoms with van der Waals surface area (Å²) in [7, 11) is -3.97. The third kappa shape index (κ3) is 8.50. The molecule has 1 aliphatic heterocycles. The average molecular weight is 705 g/mol. The van der Waals surface area contributed by atoms with E-state index in [0.29, 0.717) is 32.8 Å². The van der Waals surface area contributed by atoms with E-state index >= 15 is 0 Å². The van der Waals surface area contributed by atoms with Crippen LogP contribution in [0.25, 0.3) is 17.2 Å². The third-order valence-electron chi connectivity index (χ3n) is 7.45. The van der Waals surface area contributed by atoms with Crippen molar-refractivity contribution >= 4 is 56.2 Å². The van der Waals surface area contributed by atoms with Gasteiger partial charge >= 0.3 is 0 Å². The molecule has 250 valence electrons. The van der Waals surface area contributed by atoms with Crippen LogP contribution in [0.4, 0.5) is 11.4 Å². The summed E-state index contributed by atoms with van der Waals surface area (Å²) in [4.78, 5) is 40.0. The molecule has 0 radical (unpaired) electrons. The minimum atomic E-state index is -3.97. The van der Waals surface area contributed by atoms with Crippen LogP contribution in [0.3, 0.4) is 0 Å². The van der Waals surface area contributed by atoms with Gasteiger partial charge in [0.2, 0.25) is 5.91 Å². The number of carbonyl (C=O) groups is 2. The maximum atomic E-state index is 12.6. The Morgan fingerprint density at radius 2 is 1.42 bits per heavy atom. The molecule has 0 atom stereocenters. The first-order chi connectivity index (χ1) is 24.0. The first-order valence-corrected chi connectivity index (χ1v) is 17.4. The van der Waals surface area contributed by atoms with Gasteiger partial charge in [0.05, 0.1) is 21.1 Å². The molecule has 1 aliphatic rings. The molecule has 6 rings (SSSR count). The number of thioether (sulfide) groups is 1. The first-order valence-electron chi connectivity index (χ1n) is 15.1. The van der Waals surface area contributed by atoms with Gasteiger partial charge in [0.25, 0.3) is 21.6 Å². The lowest BCUT2D eigenvalue weighted by molar-refractivity contribution is -0.384. The van der Waals surface area contributed by atoms with Gasteiger partial charge in [-0.1, -0.05) is 66.2 Å². The van der Waals surface area contributed by atoms with Crippen LogP contribution in [-0.4, -0.2) is 30.3 Å². The fourth-order valence-corrected chi connectivity index (χ4v) is 6.67. The Morgan fingerprint density at radius 3 is 2.02 bits per heavy atom. The molecule has 0 unspecified atom stereocenters. The molecule has 5 aromatic carbocycles. The van der Waals surface area contributed by atoms with Crippen LogP contribution in [0.1, 0.15) is 16.7 Å². The van der Waals surface area contributed by atoms with Crippen molar-refractivity contribution in [2.45, 2.75) is 18.2 Å². The maximum absolute atomic E-state index is 12.6. The number of hydrogen-bond donors (Lipinski definition) is 2. The van der Waals surface area contributed by atoms with Crippen molar-refractivity contribution in [2.75, 3.05) is 5.32 Å². The zero-order valence-corrected chi connectivity index (χ0v) is 28.0. The highest BCUT2D eigenvalue weighted by Gasteiger charge is 2.22. The molecular weight excluding hydrogens is 677 g/mol. The Bertz CT molecular complexity index is 2230. The molecule has 0 saturated heterocycles. The van der Waals surface area contributed by atoms with Crippen molar-refractivity contribution in [2.24, 2.45) is 4.99 Å². The van der Waals surface area contributed by atoms with Crippen molar-refractivity contribution in [1.82, 2.24) is 4.72 Å². The van der Waals surface area contributed by atoms with Crippen molar-refractivity contribution in [3.05, 3.63) is 153 Å². The van der Waals surface area contributed by atoms with Gasteiger partial charge in [-0.15, -0.1) is 0 Å². The fraction of sp³-hybridized carbons (Fsp3) is 0.0541. The summed E-state index contributed by atoms with van der Waals surface area (Å²) in [5.41, 5.74) is 4.91. The molecule has 0 spiro atoms. The van der Waals surface area contributed by atoms with Gasteiger partial charge in [0.1, 0.15) is 11.5 Å². The molecular formula is C37H28N4O7S2. The second-order valence-electron chi connectivity index (χ2n) is 11.2. The second-order valence-corrected chi connectivity index (χ2v) is 13.9. The van der Waals surface area contributed by atoms with Crippen LogP contribution >= 0.6 is 11.8 Å². The maximum Gasteiger partial charge on any atom is 0.286 e. The summed E-state index contributed by atoms with van der Waals surface area (Å²) in [6, 6.07) is 34.1. The van der Waals surface area contributed by atoms with Gasteiger partial charge in [0, 0.05) is 17.8 Å². The van der Waals surface area contributed by atoms with E-state index in [4.69, 9.17) is 4.74 Å². The smallest absolute Gasteiger partial charge is 0.286 e. The molecule has 0 bridgehead atoms. The number of rotatable bonds is 10. The molecule has 50 heavy (non-hydrogen) atoms. The molecule has 0 aliphatic carbocycles. The zero-order chi connectivity index (χ0) is 35.3. The van der Waals surface area contributed by atoms with Crippen molar-refractivity contribution in [3.63, 3.8) is 0 Å². The van der Waals surface area contributed by atoms with Gasteiger partial charge in [-0.2, -0.15) is 4.99 Å². The number of ether oxygens (including phenoxy) is 1. The SMILES string of the molecule is Cc1ccc(S(=O)(=O)NC(=O)Cc2ccc(NC3=NC(=O)C(=Cc4ccc(-c5ccc(Oc6ccc([N+](=O)[O-])cc6)cc5)cc4)S3)cc2)cc1. The lowest BCUT2D eigenvalue weighted by Gasteiger charge is -2.09. The van der Waals surface area contributed by atoms with E-state index in [-0.39, 0.29) is 22.9 Å². The van der Waals surface area contributed by atoms with E-state index in [1.807, 2.05) is 55.5 Å². The normalized spacial score (nSPS) is 13.5. The summed E-state index contributed by atoms with van der Waals surface area (Å²) in [6.45, 7) is 1.84. The molecule has 0 saturated carbocycles. The number of amidine groups is 1. The van der Waals surface area contributed by atoms with Crippen LogP contribution in [0, 0.1) is 17.0 Å². The molecule has 11 nitrogen and oxygen atoms in total. The number of hydrogen-bond acceptors (Lipinski definition) is 9. The number of nitrogens with one attached hydrogen (secondary N) is 2. The summed E-state index contributed by atoms with van der Waals surface area (Å²) in [5, 5.41) is 14.4. The van der Waals surface area contributed by atoms with Crippen LogP contribution in [0.15, 0.2) is 136 Å². The van der Waals surface area contributed by atoms with Crippen molar-refractivity contribution in [1.29, 1.82) is 0 Å². The van der Waals surface area contributed by atoms with E-state index < -0.39 is 20.9 Å². The Labute approximate surface area is 291 Å². The van der Waals surface area contributed by atoms with Crippen molar-refractivity contribution < 1.29 is 27.7 Å².